The van der Waals surface area contributed by atoms with Crippen molar-refractivity contribution in [3.05, 3.63) is 83.1 Å². The number of aromatic nitrogens is 2. The molecular formula is C26H20ClN3O4. The normalized spacial score (nSPS) is 17.0. The molecule has 1 amide bonds. The van der Waals surface area contributed by atoms with Gasteiger partial charge in [-0.1, -0.05) is 23.7 Å². The monoisotopic (exact) mass is 473 g/mol. The average Bonchev–Trinajstić information content (AvgIpc) is 3.56. The molecule has 2 aliphatic rings. The van der Waals surface area contributed by atoms with Crippen LogP contribution in [0, 0.1) is 0 Å². The molecule has 8 heteroatoms. The molecule has 170 valence electrons. The van der Waals surface area contributed by atoms with E-state index in [1.54, 1.807) is 29.2 Å². The average molecular weight is 474 g/mol. The van der Waals surface area contributed by atoms with E-state index in [9.17, 15) is 9.59 Å². The van der Waals surface area contributed by atoms with Gasteiger partial charge in [-0.2, -0.15) is 0 Å². The summed E-state index contributed by atoms with van der Waals surface area (Å²) in [5, 5.41) is 0.582. The van der Waals surface area contributed by atoms with Gasteiger partial charge in [-0.15, -0.1) is 0 Å². The molecular weight excluding hydrogens is 454 g/mol. The van der Waals surface area contributed by atoms with Crippen LogP contribution in [-0.4, -0.2) is 34.6 Å². The maximum atomic E-state index is 13.1. The van der Waals surface area contributed by atoms with Crippen LogP contribution in [0.4, 0.5) is 5.69 Å². The van der Waals surface area contributed by atoms with Crippen LogP contribution >= 0.6 is 11.6 Å². The van der Waals surface area contributed by atoms with Crippen molar-refractivity contribution in [2.24, 2.45) is 0 Å². The Balaban J connectivity index is 1.33. The minimum Gasteiger partial charge on any atom is -0.454 e. The SMILES string of the molecule is O=C(Cn1c(C2CC(=O)N(c3ccc4c(c3)OCO4)C2)nc2ccccc21)c1ccc(Cl)cc1. The summed E-state index contributed by atoms with van der Waals surface area (Å²) in [5.74, 6) is 1.86. The van der Waals surface area contributed by atoms with Gasteiger partial charge in [-0.25, -0.2) is 4.98 Å². The Morgan fingerprint density at radius 1 is 1.03 bits per heavy atom. The number of anilines is 1. The van der Waals surface area contributed by atoms with Gasteiger partial charge in [-0.05, 0) is 48.5 Å². The van der Waals surface area contributed by atoms with Gasteiger partial charge in [0.1, 0.15) is 5.82 Å². The molecule has 3 heterocycles. The largest absolute Gasteiger partial charge is 0.454 e. The molecule has 0 spiro atoms. The van der Waals surface area contributed by atoms with Crippen LogP contribution in [-0.2, 0) is 11.3 Å². The molecule has 6 rings (SSSR count). The number of carbonyl (C=O) groups excluding carboxylic acids is 2. The molecule has 2 aliphatic heterocycles. The van der Waals surface area contributed by atoms with Crippen molar-refractivity contribution < 1.29 is 19.1 Å². The predicted octanol–water partition coefficient (Wildman–Crippen LogP) is 4.82. The summed E-state index contributed by atoms with van der Waals surface area (Å²) in [7, 11) is 0. The Hall–Kier alpha value is -3.84. The van der Waals surface area contributed by atoms with Gasteiger partial charge < -0.3 is 18.9 Å². The number of amides is 1. The quantitative estimate of drug-likeness (QED) is 0.388. The first-order valence-electron chi connectivity index (χ1n) is 11.0. The van der Waals surface area contributed by atoms with Crippen LogP contribution in [0.2, 0.25) is 5.02 Å². The van der Waals surface area contributed by atoms with E-state index in [0.717, 1.165) is 22.5 Å². The number of halogens is 1. The number of hydrogen-bond acceptors (Lipinski definition) is 5. The van der Waals surface area contributed by atoms with Crippen molar-refractivity contribution in [3.63, 3.8) is 0 Å². The third-order valence-electron chi connectivity index (χ3n) is 6.31. The van der Waals surface area contributed by atoms with Gasteiger partial charge >= 0.3 is 0 Å². The number of benzene rings is 3. The number of fused-ring (bicyclic) bond motifs is 2. The molecule has 7 nitrogen and oxygen atoms in total. The van der Waals surface area contributed by atoms with Gasteiger partial charge in [0, 0.05) is 41.2 Å². The summed E-state index contributed by atoms with van der Waals surface area (Å²) >= 11 is 5.98. The minimum atomic E-state index is -0.150. The zero-order valence-electron chi connectivity index (χ0n) is 18.1. The van der Waals surface area contributed by atoms with Crippen LogP contribution in [0.15, 0.2) is 66.7 Å². The first-order chi connectivity index (χ1) is 16.6. The standard InChI is InChI=1S/C26H20ClN3O4/c27-18-7-5-16(6-8-18)22(31)14-30-21-4-2-1-3-20(21)28-26(30)17-11-25(32)29(13-17)19-9-10-23-24(12-19)34-15-33-23/h1-10,12,17H,11,13-15H2. The summed E-state index contributed by atoms with van der Waals surface area (Å²) in [6.07, 6.45) is 0.312. The third-order valence-corrected chi connectivity index (χ3v) is 6.56. The van der Waals surface area contributed by atoms with Gasteiger partial charge in [0.05, 0.1) is 17.6 Å². The second kappa shape index (κ2) is 8.18. The molecule has 0 bridgehead atoms. The van der Waals surface area contributed by atoms with E-state index in [2.05, 4.69) is 0 Å². The molecule has 0 N–H and O–H groups in total. The second-order valence-corrected chi connectivity index (χ2v) is 8.85. The van der Waals surface area contributed by atoms with Crippen LogP contribution in [0.25, 0.3) is 11.0 Å². The maximum Gasteiger partial charge on any atom is 0.231 e. The summed E-state index contributed by atoms with van der Waals surface area (Å²) < 4.78 is 12.8. The number of hydrogen-bond donors (Lipinski definition) is 0. The zero-order chi connectivity index (χ0) is 23.2. The molecule has 0 aliphatic carbocycles. The van der Waals surface area contributed by atoms with E-state index in [0.29, 0.717) is 35.1 Å². The number of nitrogens with zero attached hydrogens (tertiary/aromatic N) is 3. The highest BCUT2D eigenvalue weighted by atomic mass is 35.5. The van der Waals surface area contributed by atoms with Crippen LogP contribution < -0.4 is 14.4 Å². The molecule has 1 saturated heterocycles. The lowest BCUT2D eigenvalue weighted by molar-refractivity contribution is -0.117. The van der Waals surface area contributed by atoms with Crippen molar-refractivity contribution in [2.75, 3.05) is 18.2 Å². The Kier molecular flexibility index (Phi) is 4.99. The van der Waals surface area contributed by atoms with E-state index in [4.69, 9.17) is 26.1 Å². The molecule has 0 saturated carbocycles. The van der Waals surface area contributed by atoms with E-state index < -0.39 is 0 Å². The predicted molar refractivity (Wildman–Crippen MR) is 128 cm³/mol. The number of carbonyl (C=O) groups is 2. The molecule has 0 radical (unpaired) electrons. The Morgan fingerprint density at radius 2 is 1.82 bits per heavy atom. The molecule has 1 unspecified atom stereocenters. The number of imidazole rings is 1. The summed E-state index contributed by atoms with van der Waals surface area (Å²) in [6.45, 7) is 0.782. The lowest BCUT2D eigenvalue weighted by atomic mass is 10.1. The van der Waals surface area contributed by atoms with Crippen molar-refractivity contribution >= 4 is 40.0 Å². The van der Waals surface area contributed by atoms with E-state index in [1.807, 2.05) is 47.0 Å². The number of ketones is 1. The molecule has 3 aromatic carbocycles. The van der Waals surface area contributed by atoms with Crippen LogP contribution in [0.3, 0.4) is 0 Å². The summed E-state index contributed by atoms with van der Waals surface area (Å²) in [4.78, 5) is 32.7. The zero-order valence-corrected chi connectivity index (χ0v) is 18.9. The molecule has 34 heavy (non-hydrogen) atoms. The fraction of sp³-hybridized carbons (Fsp3) is 0.192. The first kappa shape index (κ1) is 20.7. The summed E-state index contributed by atoms with van der Waals surface area (Å²) in [5.41, 5.74) is 3.01. The number of rotatable bonds is 5. The smallest absolute Gasteiger partial charge is 0.231 e. The number of para-hydroxylation sites is 2. The maximum absolute atomic E-state index is 13.1. The minimum absolute atomic E-state index is 0.00602. The molecule has 4 aromatic rings. The third kappa shape index (κ3) is 3.58. The highest BCUT2D eigenvalue weighted by Gasteiger charge is 2.35. The Bertz CT molecular complexity index is 1430. The lowest BCUT2D eigenvalue weighted by Crippen LogP contribution is -2.24. The highest BCUT2D eigenvalue weighted by Crippen LogP contribution is 2.39. The molecule has 1 atom stereocenters. The van der Waals surface area contributed by atoms with Crippen molar-refractivity contribution in [3.8, 4) is 11.5 Å². The van der Waals surface area contributed by atoms with E-state index in [-0.39, 0.29) is 30.9 Å². The molecule has 1 aromatic heterocycles. The fourth-order valence-corrected chi connectivity index (χ4v) is 4.75. The van der Waals surface area contributed by atoms with Gasteiger partial charge in [0.2, 0.25) is 12.7 Å². The Labute approximate surface area is 200 Å². The second-order valence-electron chi connectivity index (χ2n) is 8.42. The van der Waals surface area contributed by atoms with Crippen molar-refractivity contribution in [1.82, 2.24) is 9.55 Å². The lowest BCUT2D eigenvalue weighted by Gasteiger charge is -2.18. The van der Waals surface area contributed by atoms with Gasteiger partial charge in [0.15, 0.2) is 17.3 Å². The van der Waals surface area contributed by atoms with Crippen LogP contribution in [0.1, 0.15) is 28.5 Å². The topological polar surface area (TPSA) is 73.7 Å². The van der Waals surface area contributed by atoms with E-state index in [1.165, 1.54) is 0 Å². The highest BCUT2D eigenvalue weighted by molar-refractivity contribution is 6.30. The van der Waals surface area contributed by atoms with Gasteiger partial charge in [-0.3, -0.25) is 9.59 Å². The number of ether oxygens (including phenoxy) is 2. The number of Topliss-reactive ketones (excluding diaryl/α,β-unsaturated/α-hetero) is 1. The summed E-state index contributed by atoms with van der Waals surface area (Å²) in [6, 6.07) is 20.1. The Morgan fingerprint density at radius 3 is 2.68 bits per heavy atom. The van der Waals surface area contributed by atoms with Crippen molar-refractivity contribution in [2.45, 2.75) is 18.9 Å². The van der Waals surface area contributed by atoms with Crippen molar-refractivity contribution in [1.29, 1.82) is 0 Å². The van der Waals surface area contributed by atoms with Gasteiger partial charge in [0.25, 0.3) is 0 Å². The first-order valence-corrected chi connectivity index (χ1v) is 11.4. The fourth-order valence-electron chi connectivity index (χ4n) is 4.63. The molecule has 1 fully saturated rings. The van der Waals surface area contributed by atoms with Crippen LogP contribution in [0.5, 0.6) is 11.5 Å². The van der Waals surface area contributed by atoms with E-state index >= 15 is 0 Å².